The third-order valence-electron chi connectivity index (χ3n) is 2.18. The van der Waals surface area contributed by atoms with Crippen LogP contribution in [0.5, 0.6) is 0 Å². The Balaban J connectivity index is 2.89. The van der Waals surface area contributed by atoms with Gasteiger partial charge in [0.05, 0.1) is 9.75 Å². The SMILES string of the molecule is Cc1cc(CC(Br)C(N)=O)ccc1[N+](=O)[O-]. The number of rotatable bonds is 4. The number of nitrogens with two attached hydrogens (primary N) is 1. The molecular weight excluding hydrogens is 276 g/mol. The van der Waals surface area contributed by atoms with Crippen molar-refractivity contribution in [3.8, 4) is 0 Å². The number of primary amides is 1. The highest BCUT2D eigenvalue weighted by Gasteiger charge is 2.14. The van der Waals surface area contributed by atoms with E-state index in [4.69, 9.17) is 5.73 Å². The Hall–Kier alpha value is -1.43. The highest BCUT2D eigenvalue weighted by Crippen LogP contribution is 2.20. The summed E-state index contributed by atoms with van der Waals surface area (Å²) in [6, 6.07) is 4.75. The fraction of sp³-hybridized carbons (Fsp3) is 0.300. The van der Waals surface area contributed by atoms with Crippen molar-refractivity contribution in [2.75, 3.05) is 0 Å². The van der Waals surface area contributed by atoms with Crippen LogP contribution in [0.1, 0.15) is 11.1 Å². The first kappa shape index (κ1) is 12.6. The Kier molecular flexibility index (Phi) is 4.00. The van der Waals surface area contributed by atoms with E-state index in [1.54, 1.807) is 19.1 Å². The topological polar surface area (TPSA) is 86.2 Å². The zero-order chi connectivity index (χ0) is 12.3. The highest BCUT2D eigenvalue weighted by atomic mass is 79.9. The zero-order valence-electron chi connectivity index (χ0n) is 8.64. The number of nitrogens with zero attached hydrogens (tertiary/aromatic N) is 1. The second-order valence-corrected chi connectivity index (χ2v) is 4.56. The lowest BCUT2D eigenvalue weighted by molar-refractivity contribution is -0.385. The first-order valence-corrected chi connectivity index (χ1v) is 5.50. The summed E-state index contributed by atoms with van der Waals surface area (Å²) >= 11 is 3.14. The van der Waals surface area contributed by atoms with Gasteiger partial charge in [0.1, 0.15) is 0 Å². The predicted molar refractivity (Wildman–Crippen MR) is 63.4 cm³/mol. The molecule has 0 saturated heterocycles. The van der Waals surface area contributed by atoms with Crippen LogP contribution in [0.25, 0.3) is 0 Å². The van der Waals surface area contributed by atoms with Gasteiger partial charge in [-0.25, -0.2) is 0 Å². The average molecular weight is 287 g/mol. The molecule has 0 spiro atoms. The lowest BCUT2D eigenvalue weighted by Crippen LogP contribution is -2.24. The average Bonchev–Trinajstić information content (AvgIpc) is 2.16. The lowest BCUT2D eigenvalue weighted by Gasteiger charge is -2.06. The largest absolute Gasteiger partial charge is 0.369 e. The molecule has 1 atom stereocenters. The number of nitro groups is 1. The quantitative estimate of drug-likeness (QED) is 0.519. The number of halogens is 1. The van der Waals surface area contributed by atoms with Crippen LogP contribution in [0.2, 0.25) is 0 Å². The monoisotopic (exact) mass is 286 g/mol. The minimum atomic E-state index is -0.451. The number of carbonyl (C=O) groups excluding carboxylic acids is 1. The molecule has 5 nitrogen and oxygen atoms in total. The molecule has 0 bridgehead atoms. The van der Waals surface area contributed by atoms with Crippen LogP contribution in [0, 0.1) is 17.0 Å². The van der Waals surface area contributed by atoms with Crippen LogP contribution in [0.15, 0.2) is 18.2 Å². The highest BCUT2D eigenvalue weighted by molar-refractivity contribution is 9.10. The second kappa shape index (κ2) is 5.07. The van der Waals surface area contributed by atoms with Crippen LogP contribution in [-0.2, 0) is 11.2 Å². The zero-order valence-corrected chi connectivity index (χ0v) is 10.2. The molecule has 1 unspecified atom stereocenters. The summed E-state index contributed by atoms with van der Waals surface area (Å²) in [7, 11) is 0. The first-order valence-electron chi connectivity index (χ1n) is 4.59. The van der Waals surface area contributed by atoms with Crippen molar-refractivity contribution in [1.82, 2.24) is 0 Å². The van der Waals surface area contributed by atoms with Crippen molar-refractivity contribution in [2.45, 2.75) is 18.2 Å². The Morgan fingerprint density at radius 1 is 1.62 bits per heavy atom. The van der Waals surface area contributed by atoms with E-state index in [-0.39, 0.29) is 5.69 Å². The molecule has 2 N–H and O–H groups in total. The summed E-state index contributed by atoms with van der Waals surface area (Å²) in [4.78, 5) is 20.5. The van der Waals surface area contributed by atoms with Crippen molar-refractivity contribution < 1.29 is 9.72 Å². The molecule has 0 saturated carbocycles. The normalized spacial score (nSPS) is 12.1. The van der Waals surface area contributed by atoms with E-state index < -0.39 is 15.7 Å². The predicted octanol–water partition coefficient (Wildman–Crippen LogP) is 1.69. The summed E-state index contributed by atoms with van der Waals surface area (Å²) in [6.45, 7) is 1.66. The summed E-state index contributed by atoms with van der Waals surface area (Å²) in [5, 5.41) is 10.6. The lowest BCUT2D eigenvalue weighted by atomic mass is 10.1. The van der Waals surface area contributed by atoms with Crippen LogP contribution < -0.4 is 5.73 Å². The third kappa shape index (κ3) is 3.03. The van der Waals surface area contributed by atoms with Gasteiger partial charge in [0, 0.05) is 11.6 Å². The van der Waals surface area contributed by atoms with Crippen molar-refractivity contribution in [1.29, 1.82) is 0 Å². The molecule has 0 fully saturated rings. The minimum absolute atomic E-state index is 0.0777. The Labute approximate surface area is 101 Å². The summed E-state index contributed by atoms with van der Waals surface area (Å²) in [6.07, 6.45) is 0.425. The van der Waals surface area contributed by atoms with E-state index >= 15 is 0 Å². The molecule has 0 radical (unpaired) electrons. The Morgan fingerprint density at radius 2 is 2.25 bits per heavy atom. The number of aryl methyl sites for hydroxylation is 1. The molecule has 0 aliphatic rings. The Morgan fingerprint density at radius 3 is 2.69 bits per heavy atom. The molecule has 1 aromatic carbocycles. The molecule has 16 heavy (non-hydrogen) atoms. The molecule has 1 rings (SSSR count). The second-order valence-electron chi connectivity index (χ2n) is 3.45. The molecular formula is C10H11BrN2O3. The van der Waals surface area contributed by atoms with Gasteiger partial charge in [-0.2, -0.15) is 0 Å². The molecule has 6 heteroatoms. The standard InChI is InChI=1S/C10H11BrN2O3/c1-6-4-7(5-8(11)10(12)14)2-3-9(6)13(15)16/h2-4,8H,5H2,1H3,(H2,12,14). The molecule has 0 heterocycles. The number of benzene rings is 1. The van der Waals surface area contributed by atoms with E-state index in [0.29, 0.717) is 12.0 Å². The molecule has 1 aromatic rings. The van der Waals surface area contributed by atoms with Gasteiger partial charge in [0.25, 0.3) is 5.69 Å². The Bertz CT molecular complexity index is 434. The van der Waals surface area contributed by atoms with E-state index in [0.717, 1.165) is 5.56 Å². The van der Waals surface area contributed by atoms with Gasteiger partial charge in [-0.05, 0) is 25.0 Å². The minimum Gasteiger partial charge on any atom is -0.369 e. The van der Waals surface area contributed by atoms with Crippen molar-refractivity contribution in [3.63, 3.8) is 0 Å². The van der Waals surface area contributed by atoms with Gasteiger partial charge in [0.15, 0.2) is 0 Å². The maximum atomic E-state index is 10.8. The van der Waals surface area contributed by atoms with Crippen molar-refractivity contribution >= 4 is 27.5 Å². The van der Waals surface area contributed by atoms with Crippen LogP contribution >= 0.6 is 15.9 Å². The number of amides is 1. The van der Waals surface area contributed by atoms with Crippen LogP contribution in [0.4, 0.5) is 5.69 Å². The number of carbonyl (C=O) groups is 1. The van der Waals surface area contributed by atoms with Crippen molar-refractivity contribution in [3.05, 3.63) is 39.4 Å². The molecule has 86 valence electrons. The van der Waals surface area contributed by atoms with Gasteiger partial charge in [-0.3, -0.25) is 14.9 Å². The molecule has 0 aliphatic heterocycles. The molecule has 1 amide bonds. The molecule has 0 aliphatic carbocycles. The number of nitro benzene ring substituents is 1. The summed E-state index contributed by atoms with van der Waals surface area (Å²) in [5.74, 6) is -0.448. The fourth-order valence-electron chi connectivity index (χ4n) is 1.36. The van der Waals surface area contributed by atoms with Gasteiger partial charge in [-0.1, -0.05) is 22.0 Å². The maximum absolute atomic E-state index is 10.8. The number of hydrogen-bond donors (Lipinski definition) is 1. The van der Waals surface area contributed by atoms with E-state index in [1.165, 1.54) is 6.07 Å². The van der Waals surface area contributed by atoms with Gasteiger partial charge >= 0.3 is 0 Å². The van der Waals surface area contributed by atoms with Crippen molar-refractivity contribution in [2.24, 2.45) is 5.73 Å². The van der Waals surface area contributed by atoms with E-state index in [9.17, 15) is 14.9 Å². The first-order chi connectivity index (χ1) is 7.41. The van der Waals surface area contributed by atoms with Crippen LogP contribution in [-0.4, -0.2) is 15.7 Å². The number of hydrogen-bond acceptors (Lipinski definition) is 3. The van der Waals surface area contributed by atoms with Gasteiger partial charge in [-0.15, -0.1) is 0 Å². The van der Waals surface area contributed by atoms with Gasteiger partial charge < -0.3 is 5.73 Å². The third-order valence-corrected chi connectivity index (χ3v) is 2.96. The maximum Gasteiger partial charge on any atom is 0.272 e. The fourth-order valence-corrected chi connectivity index (χ4v) is 1.73. The summed E-state index contributed by atoms with van der Waals surface area (Å²) in [5.41, 5.74) is 6.60. The van der Waals surface area contributed by atoms with E-state index in [2.05, 4.69) is 15.9 Å². The van der Waals surface area contributed by atoms with Gasteiger partial charge in [0.2, 0.25) is 5.91 Å². The molecule has 0 aromatic heterocycles. The summed E-state index contributed by atoms with van der Waals surface area (Å²) < 4.78 is 0. The van der Waals surface area contributed by atoms with E-state index in [1.807, 2.05) is 0 Å². The van der Waals surface area contributed by atoms with Crippen LogP contribution in [0.3, 0.4) is 0 Å². The number of alkyl halides is 1. The smallest absolute Gasteiger partial charge is 0.272 e.